The maximum Gasteiger partial charge on any atom is 0.370 e. The Morgan fingerprint density at radius 1 is 1.78 bits per heavy atom. The molecule has 0 heterocycles. The third-order valence-electron chi connectivity index (χ3n) is 0.773. The van der Waals surface area contributed by atoms with Crippen molar-refractivity contribution in [2.24, 2.45) is 0 Å². The van der Waals surface area contributed by atoms with Crippen LogP contribution in [0.2, 0.25) is 0 Å². The topological polar surface area (TPSA) is 46.5 Å². The van der Waals surface area contributed by atoms with Crippen LogP contribution in [0.15, 0.2) is 11.8 Å². The van der Waals surface area contributed by atoms with E-state index in [1.54, 1.807) is 13.8 Å². The van der Waals surface area contributed by atoms with Crippen molar-refractivity contribution in [3.05, 3.63) is 11.8 Å². The van der Waals surface area contributed by atoms with E-state index in [-0.39, 0.29) is 5.76 Å². The van der Waals surface area contributed by atoms with Crippen LogP contribution in [0.4, 0.5) is 0 Å². The fourth-order valence-electron chi connectivity index (χ4n) is 0.424. The number of carbonyl (C=O) groups is 1. The SMILES string of the molecule is C/C=C(/OCC)C(=O)O. The maximum absolute atomic E-state index is 10.1. The van der Waals surface area contributed by atoms with E-state index in [9.17, 15) is 4.79 Å². The first-order valence-electron chi connectivity index (χ1n) is 2.74. The van der Waals surface area contributed by atoms with E-state index in [2.05, 4.69) is 0 Å². The number of hydrogen-bond acceptors (Lipinski definition) is 2. The van der Waals surface area contributed by atoms with Gasteiger partial charge in [-0.2, -0.15) is 0 Å². The summed E-state index contributed by atoms with van der Waals surface area (Å²) in [6, 6.07) is 0. The maximum atomic E-state index is 10.1. The van der Waals surface area contributed by atoms with Crippen LogP contribution in [-0.2, 0) is 9.53 Å². The van der Waals surface area contributed by atoms with Crippen molar-refractivity contribution < 1.29 is 14.6 Å². The molecule has 0 rings (SSSR count). The van der Waals surface area contributed by atoms with E-state index in [1.807, 2.05) is 0 Å². The third-order valence-corrected chi connectivity index (χ3v) is 0.773. The second-order valence-electron chi connectivity index (χ2n) is 1.39. The molecular formula is C6H10O3. The van der Waals surface area contributed by atoms with Gasteiger partial charge in [0.2, 0.25) is 0 Å². The fourth-order valence-corrected chi connectivity index (χ4v) is 0.424. The molecule has 0 fully saturated rings. The Morgan fingerprint density at radius 2 is 2.33 bits per heavy atom. The summed E-state index contributed by atoms with van der Waals surface area (Å²) < 4.78 is 4.71. The first-order valence-corrected chi connectivity index (χ1v) is 2.74. The van der Waals surface area contributed by atoms with Gasteiger partial charge in [-0.25, -0.2) is 4.79 Å². The molecule has 52 valence electrons. The lowest BCUT2D eigenvalue weighted by Crippen LogP contribution is -2.03. The van der Waals surface area contributed by atoms with Gasteiger partial charge < -0.3 is 9.84 Å². The summed E-state index contributed by atoms with van der Waals surface area (Å²) in [7, 11) is 0. The normalized spacial score (nSPS) is 11.1. The smallest absolute Gasteiger partial charge is 0.370 e. The molecule has 0 spiro atoms. The lowest BCUT2D eigenvalue weighted by atomic mass is 10.5. The van der Waals surface area contributed by atoms with Crippen LogP contribution in [0, 0.1) is 0 Å². The van der Waals surface area contributed by atoms with E-state index in [4.69, 9.17) is 9.84 Å². The molecular weight excluding hydrogens is 120 g/mol. The second kappa shape index (κ2) is 3.95. The van der Waals surface area contributed by atoms with Crippen LogP contribution in [0.25, 0.3) is 0 Å². The number of carboxylic acid groups (broad SMARTS) is 1. The number of aliphatic carboxylic acids is 1. The van der Waals surface area contributed by atoms with Crippen molar-refractivity contribution >= 4 is 5.97 Å². The molecule has 0 aromatic carbocycles. The van der Waals surface area contributed by atoms with Gasteiger partial charge in [-0.1, -0.05) is 0 Å². The summed E-state index contributed by atoms with van der Waals surface area (Å²) in [6.07, 6.45) is 1.42. The van der Waals surface area contributed by atoms with Crippen molar-refractivity contribution in [3.63, 3.8) is 0 Å². The van der Waals surface area contributed by atoms with Gasteiger partial charge in [0.25, 0.3) is 0 Å². The van der Waals surface area contributed by atoms with Crippen molar-refractivity contribution in [1.29, 1.82) is 0 Å². The quantitative estimate of drug-likeness (QED) is 0.458. The van der Waals surface area contributed by atoms with Crippen LogP contribution in [0.3, 0.4) is 0 Å². The monoisotopic (exact) mass is 130 g/mol. The predicted molar refractivity (Wildman–Crippen MR) is 33.0 cm³/mol. The fraction of sp³-hybridized carbons (Fsp3) is 0.500. The lowest BCUT2D eigenvalue weighted by molar-refractivity contribution is -0.136. The minimum absolute atomic E-state index is 0.0116. The molecule has 0 aliphatic carbocycles. The van der Waals surface area contributed by atoms with Gasteiger partial charge in [0, 0.05) is 0 Å². The molecule has 0 aromatic heterocycles. The van der Waals surface area contributed by atoms with Gasteiger partial charge in [0.1, 0.15) is 0 Å². The molecule has 0 unspecified atom stereocenters. The highest BCUT2D eigenvalue weighted by molar-refractivity contribution is 5.84. The molecule has 0 aromatic rings. The molecule has 0 bridgehead atoms. The Hall–Kier alpha value is -0.990. The molecule has 3 heteroatoms. The molecule has 0 radical (unpaired) electrons. The number of ether oxygens (including phenoxy) is 1. The zero-order valence-electron chi connectivity index (χ0n) is 5.55. The van der Waals surface area contributed by atoms with Crippen LogP contribution in [0.5, 0.6) is 0 Å². The second-order valence-corrected chi connectivity index (χ2v) is 1.39. The van der Waals surface area contributed by atoms with E-state index < -0.39 is 5.97 Å². The summed E-state index contributed by atoms with van der Waals surface area (Å²) in [4.78, 5) is 10.1. The number of rotatable bonds is 3. The molecule has 0 aliphatic rings. The highest BCUT2D eigenvalue weighted by Gasteiger charge is 2.03. The summed E-state index contributed by atoms with van der Waals surface area (Å²) in [5.74, 6) is -1.00. The zero-order chi connectivity index (χ0) is 7.28. The average Bonchev–Trinajstić information content (AvgIpc) is 1.82. The van der Waals surface area contributed by atoms with Gasteiger partial charge >= 0.3 is 5.97 Å². The Balaban J connectivity index is 3.85. The Kier molecular flexibility index (Phi) is 3.51. The number of hydrogen-bond donors (Lipinski definition) is 1. The highest BCUT2D eigenvalue weighted by Crippen LogP contribution is 1.94. The summed E-state index contributed by atoms with van der Waals surface area (Å²) in [5, 5.41) is 8.31. The molecule has 0 saturated heterocycles. The van der Waals surface area contributed by atoms with Crippen LogP contribution in [0.1, 0.15) is 13.8 Å². The van der Waals surface area contributed by atoms with E-state index >= 15 is 0 Å². The van der Waals surface area contributed by atoms with Gasteiger partial charge in [-0.05, 0) is 19.9 Å². The Bertz CT molecular complexity index is 126. The number of allylic oxidation sites excluding steroid dienone is 1. The van der Waals surface area contributed by atoms with E-state index in [0.29, 0.717) is 6.61 Å². The van der Waals surface area contributed by atoms with Crippen LogP contribution < -0.4 is 0 Å². The highest BCUT2D eigenvalue weighted by atomic mass is 16.5. The first-order chi connectivity index (χ1) is 4.22. The van der Waals surface area contributed by atoms with Crippen LogP contribution in [-0.4, -0.2) is 17.7 Å². The molecule has 9 heavy (non-hydrogen) atoms. The summed E-state index contributed by atoms with van der Waals surface area (Å²) >= 11 is 0. The Morgan fingerprint density at radius 3 is 2.44 bits per heavy atom. The van der Waals surface area contributed by atoms with Crippen molar-refractivity contribution in [2.45, 2.75) is 13.8 Å². The van der Waals surface area contributed by atoms with Gasteiger partial charge in [-0.3, -0.25) is 0 Å². The van der Waals surface area contributed by atoms with E-state index in [1.165, 1.54) is 6.08 Å². The minimum Gasteiger partial charge on any atom is -0.487 e. The molecule has 0 aliphatic heterocycles. The molecule has 0 saturated carbocycles. The van der Waals surface area contributed by atoms with Crippen molar-refractivity contribution in [2.75, 3.05) is 6.61 Å². The van der Waals surface area contributed by atoms with Gasteiger partial charge in [-0.15, -0.1) is 0 Å². The van der Waals surface area contributed by atoms with Crippen LogP contribution >= 0.6 is 0 Å². The zero-order valence-corrected chi connectivity index (χ0v) is 5.55. The molecule has 3 nitrogen and oxygen atoms in total. The molecule has 1 N–H and O–H groups in total. The minimum atomic E-state index is -1.01. The van der Waals surface area contributed by atoms with Gasteiger partial charge in [0.05, 0.1) is 6.61 Å². The predicted octanol–water partition coefficient (Wildman–Crippen LogP) is 1.01. The van der Waals surface area contributed by atoms with Crippen molar-refractivity contribution in [1.82, 2.24) is 0 Å². The van der Waals surface area contributed by atoms with Gasteiger partial charge in [0.15, 0.2) is 5.76 Å². The van der Waals surface area contributed by atoms with E-state index in [0.717, 1.165) is 0 Å². The molecule has 0 amide bonds. The Labute approximate surface area is 53.9 Å². The van der Waals surface area contributed by atoms with Crippen molar-refractivity contribution in [3.8, 4) is 0 Å². The summed E-state index contributed by atoms with van der Waals surface area (Å²) in [5.41, 5.74) is 0. The molecule has 0 atom stereocenters. The standard InChI is InChI=1S/C6H10O3/c1-3-5(6(7)8)9-4-2/h3H,4H2,1-2H3,(H,7,8)/b5-3+. The number of carboxylic acids is 1. The first kappa shape index (κ1) is 8.01. The summed E-state index contributed by atoms with van der Waals surface area (Å²) in [6.45, 7) is 3.76. The average molecular weight is 130 g/mol. The lowest BCUT2D eigenvalue weighted by Gasteiger charge is -1.99. The third kappa shape index (κ3) is 2.74. The largest absolute Gasteiger partial charge is 0.487 e.